The molecule has 0 fully saturated rings. The summed E-state index contributed by atoms with van der Waals surface area (Å²) in [7, 11) is -2.96. The highest BCUT2D eigenvalue weighted by Gasteiger charge is 2.31. The molecule has 0 aromatic heterocycles. The molecule has 1 aliphatic rings. The Morgan fingerprint density at radius 1 is 1.33 bits per heavy atom. The van der Waals surface area contributed by atoms with Crippen LogP contribution in [0.5, 0.6) is 0 Å². The van der Waals surface area contributed by atoms with Crippen LogP contribution in [0.15, 0.2) is 24.3 Å². The molecular formula is C14H19ClO2S. The van der Waals surface area contributed by atoms with Crippen molar-refractivity contribution >= 4 is 21.4 Å². The van der Waals surface area contributed by atoms with Crippen molar-refractivity contribution in [1.82, 2.24) is 0 Å². The first-order chi connectivity index (χ1) is 8.42. The largest absolute Gasteiger partial charge is 0.229 e. The average Bonchev–Trinajstić information content (AvgIpc) is 2.64. The summed E-state index contributed by atoms with van der Waals surface area (Å²) < 4.78 is 23.6. The molecule has 1 aromatic carbocycles. The van der Waals surface area contributed by atoms with Gasteiger partial charge in [0.15, 0.2) is 9.84 Å². The van der Waals surface area contributed by atoms with Crippen LogP contribution in [-0.2, 0) is 16.3 Å². The molecule has 0 aliphatic heterocycles. The van der Waals surface area contributed by atoms with Crippen molar-refractivity contribution in [2.45, 2.75) is 37.3 Å². The van der Waals surface area contributed by atoms with Crippen molar-refractivity contribution in [1.29, 1.82) is 0 Å². The number of rotatable bonds is 4. The Bertz CT molecular complexity index is 522. The molecule has 2 unspecified atom stereocenters. The zero-order chi connectivity index (χ0) is 13.3. The fourth-order valence-corrected chi connectivity index (χ4v) is 3.96. The number of sulfone groups is 1. The van der Waals surface area contributed by atoms with E-state index in [9.17, 15) is 8.42 Å². The summed E-state index contributed by atoms with van der Waals surface area (Å²) in [6.07, 6.45) is 1.56. The van der Waals surface area contributed by atoms with Gasteiger partial charge in [0.2, 0.25) is 0 Å². The molecule has 100 valence electrons. The average molecular weight is 287 g/mol. The molecule has 0 saturated heterocycles. The monoisotopic (exact) mass is 286 g/mol. The minimum atomic E-state index is -2.96. The summed E-state index contributed by atoms with van der Waals surface area (Å²) in [5.74, 6) is 0.490. The normalized spacial score (nSPS) is 23.3. The highest BCUT2D eigenvalue weighted by Crippen LogP contribution is 2.42. The lowest BCUT2D eigenvalue weighted by molar-refractivity contribution is 0.516. The second kappa shape index (κ2) is 5.22. The van der Waals surface area contributed by atoms with Gasteiger partial charge in [0.05, 0.1) is 16.4 Å². The van der Waals surface area contributed by atoms with Gasteiger partial charge in [0.1, 0.15) is 0 Å². The first kappa shape index (κ1) is 13.9. The minimum absolute atomic E-state index is 0.0384. The maximum absolute atomic E-state index is 11.8. The van der Waals surface area contributed by atoms with Gasteiger partial charge in [-0.05, 0) is 43.7 Å². The Balaban J connectivity index is 2.03. The molecule has 0 radical (unpaired) electrons. The van der Waals surface area contributed by atoms with Crippen molar-refractivity contribution in [2.24, 2.45) is 5.92 Å². The van der Waals surface area contributed by atoms with E-state index >= 15 is 0 Å². The van der Waals surface area contributed by atoms with Gasteiger partial charge >= 0.3 is 0 Å². The van der Waals surface area contributed by atoms with Gasteiger partial charge < -0.3 is 0 Å². The van der Waals surface area contributed by atoms with Crippen molar-refractivity contribution in [3.8, 4) is 0 Å². The summed E-state index contributed by atoms with van der Waals surface area (Å²) in [4.78, 5) is 0. The van der Waals surface area contributed by atoms with Crippen molar-refractivity contribution in [3.05, 3.63) is 35.4 Å². The Labute approximate surface area is 114 Å². The quantitative estimate of drug-likeness (QED) is 0.796. The van der Waals surface area contributed by atoms with Gasteiger partial charge in [-0.15, -0.1) is 11.6 Å². The summed E-state index contributed by atoms with van der Waals surface area (Å²) in [5.41, 5.74) is 2.44. The maximum atomic E-state index is 11.8. The lowest BCUT2D eigenvalue weighted by Crippen LogP contribution is -2.20. The molecule has 0 heterocycles. The lowest BCUT2D eigenvalue weighted by atomic mass is 10.0. The zero-order valence-electron chi connectivity index (χ0n) is 10.8. The van der Waals surface area contributed by atoms with Crippen LogP contribution in [0, 0.1) is 5.92 Å². The standard InChI is InChI=1S/C14H19ClO2S/c1-10(2)18(16,17)8-7-12-9-11-5-3-4-6-13(11)14(12)15/h3-6,10,12,14H,7-9H2,1-2H3. The molecule has 0 N–H and O–H groups in total. The lowest BCUT2D eigenvalue weighted by Gasteiger charge is -2.15. The van der Waals surface area contributed by atoms with E-state index in [2.05, 4.69) is 6.07 Å². The number of benzene rings is 1. The van der Waals surface area contributed by atoms with E-state index in [4.69, 9.17) is 11.6 Å². The highest BCUT2D eigenvalue weighted by molar-refractivity contribution is 7.91. The van der Waals surface area contributed by atoms with Crippen LogP contribution in [0.2, 0.25) is 0 Å². The van der Waals surface area contributed by atoms with Crippen molar-refractivity contribution in [3.63, 3.8) is 0 Å². The Hall–Kier alpha value is -0.540. The number of hydrogen-bond acceptors (Lipinski definition) is 2. The molecule has 0 bridgehead atoms. The first-order valence-electron chi connectivity index (χ1n) is 6.35. The fraction of sp³-hybridized carbons (Fsp3) is 0.571. The van der Waals surface area contributed by atoms with Crippen LogP contribution in [0.1, 0.15) is 36.8 Å². The molecule has 4 heteroatoms. The van der Waals surface area contributed by atoms with Crippen molar-refractivity contribution < 1.29 is 8.42 Å². The number of alkyl halides is 1. The van der Waals surface area contributed by atoms with Crippen LogP contribution >= 0.6 is 11.6 Å². The molecule has 0 amide bonds. The first-order valence-corrected chi connectivity index (χ1v) is 8.50. The van der Waals surface area contributed by atoms with E-state index in [1.54, 1.807) is 13.8 Å². The van der Waals surface area contributed by atoms with Gasteiger partial charge in [-0.1, -0.05) is 24.3 Å². The Kier molecular flexibility index (Phi) is 4.02. The van der Waals surface area contributed by atoms with E-state index in [1.165, 1.54) is 11.1 Å². The predicted molar refractivity (Wildman–Crippen MR) is 75.8 cm³/mol. The minimum Gasteiger partial charge on any atom is -0.229 e. The summed E-state index contributed by atoms with van der Waals surface area (Å²) in [5, 5.41) is -0.335. The van der Waals surface area contributed by atoms with Gasteiger partial charge in [0, 0.05) is 0 Å². The second-order valence-corrected chi connectivity index (χ2v) is 8.42. The molecule has 18 heavy (non-hydrogen) atoms. The third-order valence-corrected chi connectivity index (χ3v) is 6.57. The number of hydrogen-bond donors (Lipinski definition) is 0. The molecule has 0 spiro atoms. The zero-order valence-corrected chi connectivity index (χ0v) is 12.3. The smallest absolute Gasteiger partial charge is 0.152 e. The highest BCUT2D eigenvalue weighted by atomic mass is 35.5. The summed E-state index contributed by atoms with van der Waals surface area (Å²) in [6.45, 7) is 3.47. The van der Waals surface area contributed by atoms with Crippen LogP contribution < -0.4 is 0 Å². The molecule has 2 nitrogen and oxygen atoms in total. The van der Waals surface area contributed by atoms with Gasteiger partial charge in [-0.25, -0.2) is 8.42 Å². The molecule has 2 atom stereocenters. The summed E-state index contributed by atoms with van der Waals surface area (Å²) >= 11 is 6.42. The molecular weight excluding hydrogens is 268 g/mol. The number of halogens is 1. The van der Waals surface area contributed by atoms with Gasteiger partial charge in [-0.3, -0.25) is 0 Å². The van der Waals surface area contributed by atoms with Crippen LogP contribution in [0.4, 0.5) is 0 Å². The molecule has 2 rings (SSSR count). The van der Waals surface area contributed by atoms with Crippen LogP contribution in [0.3, 0.4) is 0 Å². The van der Waals surface area contributed by atoms with E-state index in [-0.39, 0.29) is 22.3 Å². The van der Waals surface area contributed by atoms with E-state index < -0.39 is 9.84 Å². The van der Waals surface area contributed by atoms with E-state index in [0.717, 1.165) is 6.42 Å². The maximum Gasteiger partial charge on any atom is 0.152 e. The second-order valence-electron chi connectivity index (χ2n) is 5.27. The number of fused-ring (bicyclic) bond motifs is 1. The topological polar surface area (TPSA) is 34.1 Å². The molecule has 0 saturated carbocycles. The SMILES string of the molecule is CC(C)S(=O)(=O)CCC1Cc2ccccc2C1Cl. The molecule has 1 aromatic rings. The molecule has 1 aliphatic carbocycles. The fourth-order valence-electron chi connectivity index (χ4n) is 2.43. The van der Waals surface area contributed by atoms with Gasteiger partial charge in [-0.2, -0.15) is 0 Å². The predicted octanol–water partition coefficient (Wildman–Crippen LogP) is 3.35. The van der Waals surface area contributed by atoms with Gasteiger partial charge in [0.25, 0.3) is 0 Å². The Morgan fingerprint density at radius 2 is 2.00 bits per heavy atom. The third-order valence-electron chi connectivity index (χ3n) is 3.74. The van der Waals surface area contributed by atoms with Crippen LogP contribution in [-0.4, -0.2) is 19.4 Å². The van der Waals surface area contributed by atoms with E-state index in [1.807, 2.05) is 18.2 Å². The Morgan fingerprint density at radius 3 is 2.61 bits per heavy atom. The van der Waals surface area contributed by atoms with Crippen LogP contribution in [0.25, 0.3) is 0 Å². The van der Waals surface area contributed by atoms with E-state index in [0.29, 0.717) is 6.42 Å². The summed E-state index contributed by atoms with van der Waals surface area (Å²) in [6, 6.07) is 8.13. The third kappa shape index (κ3) is 2.72. The van der Waals surface area contributed by atoms with Crippen molar-refractivity contribution in [2.75, 3.05) is 5.75 Å².